The second-order valence-corrected chi connectivity index (χ2v) is 5.30. The third-order valence-corrected chi connectivity index (χ3v) is 3.58. The maximum atomic E-state index is 12.0. The van der Waals surface area contributed by atoms with Crippen molar-refractivity contribution in [1.29, 1.82) is 0 Å². The van der Waals surface area contributed by atoms with Crippen LogP contribution in [0, 0.1) is 0 Å². The highest BCUT2D eigenvalue weighted by Gasteiger charge is 2.11. The van der Waals surface area contributed by atoms with E-state index in [4.69, 9.17) is 21.1 Å². The molecule has 6 heteroatoms. The summed E-state index contributed by atoms with van der Waals surface area (Å²) in [5, 5.41) is 5.18. The van der Waals surface area contributed by atoms with Gasteiger partial charge < -0.3 is 14.8 Å². The smallest absolute Gasteiger partial charge is 0.265 e. The second-order valence-electron chi connectivity index (χ2n) is 3.91. The molecule has 0 aliphatic heterocycles. The standard InChI is InChI=1S/C14H14ClNO3S/c1-18-6-7-19-12-5-4-10(15)9-11(12)16-14(17)13-3-2-8-20-13/h2-5,8-9H,6-7H2,1H3,(H,16,17). The van der Waals surface area contributed by atoms with E-state index in [2.05, 4.69) is 5.32 Å². The molecule has 0 radical (unpaired) electrons. The lowest BCUT2D eigenvalue weighted by molar-refractivity contribution is 0.102. The number of carbonyl (C=O) groups is 1. The van der Waals surface area contributed by atoms with Crippen LogP contribution in [0.15, 0.2) is 35.7 Å². The van der Waals surface area contributed by atoms with Crippen molar-refractivity contribution in [3.63, 3.8) is 0 Å². The monoisotopic (exact) mass is 311 g/mol. The van der Waals surface area contributed by atoms with Crippen LogP contribution in [0.1, 0.15) is 9.67 Å². The number of nitrogens with one attached hydrogen (secondary N) is 1. The van der Waals surface area contributed by atoms with Gasteiger partial charge in [0.1, 0.15) is 12.4 Å². The lowest BCUT2D eigenvalue weighted by atomic mass is 10.3. The first kappa shape index (κ1) is 14.8. The van der Waals surface area contributed by atoms with E-state index in [-0.39, 0.29) is 5.91 Å². The zero-order chi connectivity index (χ0) is 14.4. The number of halogens is 1. The van der Waals surface area contributed by atoms with Gasteiger partial charge in [-0.05, 0) is 29.6 Å². The molecule has 1 aromatic carbocycles. The van der Waals surface area contributed by atoms with Crippen LogP contribution >= 0.6 is 22.9 Å². The van der Waals surface area contributed by atoms with Gasteiger partial charge in [-0.2, -0.15) is 0 Å². The minimum Gasteiger partial charge on any atom is -0.489 e. The van der Waals surface area contributed by atoms with Crippen LogP contribution in [-0.4, -0.2) is 26.2 Å². The molecule has 0 spiro atoms. The Kier molecular flexibility index (Phi) is 5.40. The van der Waals surface area contributed by atoms with Gasteiger partial charge in [0.2, 0.25) is 0 Å². The molecular weight excluding hydrogens is 298 g/mol. The number of thiophene rings is 1. The molecule has 2 aromatic rings. The van der Waals surface area contributed by atoms with Gasteiger partial charge in [0, 0.05) is 12.1 Å². The van der Waals surface area contributed by atoms with Crippen LogP contribution in [0.2, 0.25) is 5.02 Å². The van der Waals surface area contributed by atoms with Gasteiger partial charge in [0.15, 0.2) is 0 Å². The number of carbonyl (C=O) groups excluding carboxylic acids is 1. The predicted molar refractivity (Wildman–Crippen MR) is 81.1 cm³/mol. The third kappa shape index (κ3) is 3.96. The fourth-order valence-electron chi connectivity index (χ4n) is 1.55. The first-order chi connectivity index (χ1) is 9.70. The molecule has 0 saturated carbocycles. The Morgan fingerprint density at radius 2 is 2.20 bits per heavy atom. The molecule has 20 heavy (non-hydrogen) atoms. The Balaban J connectivity index is 2.12. The van der Waals surface area contributed by atoms with E-state index in [0.29, 0.717) is 34.6 Å². The quantitative estimate of drug-likeness (QED) is 0.828. The lowest BCUT2D eigenvalue weighted by Gasteiger charge is -2.12. The van der Waals surface area contributed by atoms with Crippen LogP contribution in [0.5, 0.6) is 5.75 Å². The van der Waals surface area contributed by atoms with Gasteiger partial charge in [0.25, 0.3) is 5.91 Å². The first-order valence-electron chi connectivity index (χ1n) is 5.97. The fraction of sp³-hybridized carbons (Fsp3) is 0.214. The molecule has 0 atom stereocenters. The van der Waals surface area contributed by atoms with E-state index in [0.717, 1.165) is 0 Å². The number of ether oxygens (including phenoxy) is 2. The first-order valence-corrected chi connectivity index (χ1v) is 7.22. The van der Waals surface area contributed by atoms with Crippen LogP contribution in [0.4, 0.5) is 5.69 Å². The SMILES string of the molecule is COCCOc1ccc(Cl)cc1NC(=O)c1cccs1. The van der Waals surface area contributed by atoms with Gasteiger partial charge in [-0.1, -0.05) is 17.7 Å². The molecule has 1 heterocycles. The molecule has 0 fully saturated rings. The van der Waals surface area contributed by atoms with E-state index >= 15 is 0 Å². The Hall–Kier alpha value is -1.56. The summed E-state index contributed by atoms with van der Waals surface area (Å²) < 4.78 is 10.5. The van der Waals surface area contributed by atoms with E-state index in [1.165, 1.54) is 11.3 Å². The highest BCUT2D eigenvalue weighted by molar-refractivity contribution is 7.12. The Morgan fingerprint density at radius 1 is 1.35 bits per heavy atom. The van der Waals surface area contributed by atoms with Crippen molar-refractivity contribution < 1.29 is 14.3 Å². The van der Waals surface area contributed by atoms with Crippen molar-refractivity contribution in [2.45, 2.75) is 0 Å². The van der Waals surface area contributed by atoms with Crippen LogP contribution in [0.25, 0.3) is 0 Å². The molecule has 0 unspecified atom stereocenters. The van der Waals surface area contributed by atoms with Crippen molar-refractivity contribution in [2.75, 3.05) is 25.6 Å². The highest BCUT2D eigenvalue weighted by atomic mass is 35.5. The second kappa shape index (κ2) is 7.28. The van der Waals surface area contributed by atoms with Crippen LogP contribution < -0.4 is 10.1 Å². The van der Waals surface area contributed by atoms with Crippen LogP contribution in [0.3, 0.4) is 0 Å². The average Bonchev–Trinajstić information content (AvgIpc) is 2.95. The summed E-state index contributed by atoms with van der Waals surface area (Å²) in [6.07, 6.45) is 0. The number of benzene rings is 1. The number of amides is 1. The van der Waals surface area contributed by atoms with Crippen molar-refractivity contribution in [2.24, 2.45) is 0 Å². The topological polar surface area (TPSA) is 47.6 Å². The van der Waals surface area contributed by atoms with Gasteiger partial charge in [-0.3, -0.25) is 4.79 Å². The van der Waals surface area contributed by atoms with E-state index < -0.39 is 0 Å². The van der Waals surface area contributed by atoms with Gasteiger partial charge >= 0.3 is 0 Å². The molecule has 2 rings (SSSR count). The molecule has 0 aliphatic carbocycles. The summed E-state index contributed by atoms with van der Waals surface area (Å²) in [5.74, 6) is 0.384. The minimum atomic E-state index is -0.182. The predicted octanol–water partition coefficient (Wildman–Crippen LogP) is 3.68. The Morgan fingerprint density at radius 3 is 2.90 bits per heavy atom. The number of hydrogen-bond donors (Lipinski definition) is 1. The average molecular weight is 312 g/mol. The van der Waals surface area contributed by atoms with Crippen LogP contribution in [-0.2, 0) is 4.74 Å². The molecule has 1 N–H and O–H groups in total. The minimum absolute atomic E-state index is 0.182. The normalized spacial score (nSPS) is 10.3. The molecule has 1 amide bonds. The number of hydrogen-bond acceptors (Lipinski definition) is 4. The summed E-state index contributed by atoms with van der Waals surface area (Å²) in [7, 11) is 1.60. The molecule has 0 aliphatic rings. The van der Waals surface area contributed by atoms with Crippen molar-refractivity contribution in [3.8, 4) is 5.75 Å². The zero-order valence-electron chi connectivity index (χ0n) is 10.9. The molecule has 4 nitrogen and oxygen atoms in total. The molecule has 1 aromatic heterocycles. The van der Waals surface area contributed by atoms with Gasteiger partial charge in [-0.25, -0.2) is 0 Å². The fourth-order valence-corrected chi connectivity index (χ4v) is 2.34. The van der Waals surface area contributed by atoms with Crippen molar-refractivity contribution in [1.82, 2.24) is 0 Å². The maximum absolute atomic E-state index is 12.0. The molecular formula is C14H14ClNO3S. The summed E-state index contributed by atoms with van der Waals surface area (Å²) in [4.78, 5) is 12.7. The summed E-state index contributed by atoms with van der Waals surface area (Å²) in [6, 6.07) is 8.69. The third-order valence-electron chi connectivity index (χ3n) is 2.48. The summed E-state index contributed by atoms with van der Waals surface area (Å²) in [5.41, 5.74) is 0.548. The molecule has 106 valence electrons. The lowest BCUT2D eigenvalue weighted by Crippen LogP contribution is -2.12. The molecule has 0 bridgehead atoms. The van der Waals surface area contributed by atoms with E-state index in [9.17, 15) is 4.79 Å². The van der Waals surface area contributed by atoms with Gasteiger partial charge in [-0.15, -0.1) is 11.3 Å². The van der Waals surface area contributed by atoms with E-state index in [1.807, 2.05) is 11.4 Å². The van der Waals surface area contributed by atoms with E-state index in [1.54, 1.807) is 31.4 Å². The number of methoxy groups -OCH3 is 1. The maximum Gasteiger partial charge on any atom is 0.265 e. The van der Waals surface area contributed by atoms with Gasteiger partial charge in [0.05, 0.1) is 17.2 Å². The molecule has 0 saturated heterocycles. The number of anilines is 1. The summed E-state index contributed by atoms with van der Waals surface area (Å²) in [6.45, 7) is 0.876. The van der Waals surface area contributed by atoms with Crippen molar-refractivity contribution in [3.05, 3.63) is 45.6 Å². The number of rotatable bonds is 6. The van der Waals surface area contributed by atoms with Crippen molar-refractivity contribution >= 4 is 34.5 Å². The Bertz CT molecular complexity index is 572. The highest BCUT2D eigenvalue weighted by Crippen LogP contribution is 2.28. The zero-order valence-corrected chi connectivity index (χ0v) is 12.5. The Labute approximate surface area is 126 Å². The largest absolute Gasteiger partial charge is 0.489 e. The summed E-state index contributed by atoms with van der Waals surface area (Å²) >= 11 is 7.33.